The second-order valence-electron chi connectivity index (χ2n) is 7.49. The number of para-hydroxylation sites is 1. The van der Waals surface area contributed by atoms with E-state index in [0.717, 1.165) is 36.9 Å². The Labute approximate surface area is 185 Å². The molecule has 0 aliphatic heterocycles. The summed E-state index contributed by atoms with van der Waals surface area (Å²) in [5.41, 5.74) is 1.84. The first-order valence-corrected chi connectivity index (χ1v) is 11.5. The molecule has 3 amide bonds. The molecule has 0 bridgehead atoms. The molecule has 0 spiro atoms. The summed E-state index contributed by atoms with van der Waals surface area (Å²) in [6.07, 6.45) is 5.39. The predicted molar refractivity (Wildman–Crippen MR) is 121 cm³/mol. The molecule has 1 saturated carbocycles. The van der Waals surface area contributed by atoms with Crippen molar-refractivity contribution in [2.24, 2.45) is 0 Å². The number of thioether (sulfide) groups is 1. The third-order valence-corrected chi connectivity index (χ3v) is 6.13. The van der Waals surface area contributed by atoms with Gasteiger partial charge in [0.05, 0.1) is 5.75 Å². The van der Waals surface area contributed by atoms with E-state index in [0.29, 0.717) is 11.0 Å². The van der Waals surface area contributed by atoms with Crippen molar-refractivity contribution in [3.8, 4) is 17.1 Å². The van der Waals surface area contributed by atoms with Crippen LogP contribution in [0.15, 0.2) is 65.8 Å². The lowest BCUT2D eigenvalue weighted by molar-refractivity contribution is -0.117. The summed E-state index contributed by atoms with van der Waals surface area (Å²) < 4.78 is 1.93. The first-order chi connectivity index (χ1) is 15.2. The molecule has 0 atom stereocenters. The minimum Gasteiger partial charge on any atom is -0.335 e. The van der Waals surface area contributed by atoms with Crippen LogP contribution in [0.25, 0.3) is 17.1 Å². The van der Waals surface area contributed by atoms with Gasteiger partial charge in [-0.05, 0) is 25.0 Å². The van der Waals surface area contributed by atoms with Gasteiger partial charge in [0.2, 0.25) is 5.91 Å². The zero-order valence-electron chi connectivity index (χ0n) is 17.2. The number of imide groups is 1. The quantitative estimate of drug-likeness (QED) is 0.567. The molecule has 2 aromatic carbocycles. The Balaban J connectivity index is 1.44. The van der Waals surface area contributed by atoms with Crippen molar-refractivity contribution in [1.29, 1.82) is 0 Å². The topological polar surface area (TPSA) is 88.9 Å². The molecule has 160 valence electrons. The minimum atomic E-state index is -0.424. The van der Waals surface area contributed by atoms with Gasteiger partial charge in [0.25, 0.3) is 0 Å². The number of benzene rings is 2. The number of carbonyl (C=O) groups excluding carboxylic acids is 2. The van der Waals surface area contributed by atoms with Gasteiger partial charge in [0.1, 0.15) is 0 Å². The average molecular weight is 436 g/mol. The van der Waals surface area contributed by atoms with Crippen molar-refractivity contribution >= 4 is 23.7 Å². The number of hydrogen-bond donors (Lipinski definition) is 2. The summed E-state index contributed by atoms with van der Waals surface area (Å²) in [5.74, 6) is 0.407. The fourth-order valence-corrected chi connectivity index (χ4v) is 4.46. The zero-order chi connectivity index (χ0) is 21.5. The maximum Gasteiger partial charge on any atom is 0.321 e. The molecule has 0 saturated heterocycles. The number of hydrogen-bond acceptors (Lipinski definition) is 5. The van der Waals surface area contributed by atoms with Crippen LogP contribution in [0.2, 0.25) is 0 Å². The minimum absolute atomic E-state index is 0.0673. The summed E-state index contributed by atoms with van der Waals surface area (Å²) in [5, 5.41) is 14.6. The van der Waals surface area contributed by atoms with Gasteiger partial charge in [-0.3, -0.25) is 14.7 Å². The highest BCUT2D eigenvalue weighted by molar-refractivity contribution is 7.99. The van der Waals surface area contributed by atoms with Crippen LogP contribution in [0.3, 0.4) is 0 Å². The van der Waals surface area contributed by atoms with Gasteiger partial charge in [-0.25, -0.2) is 4.79 Å². The first-order valence-electron chi connectivity index (χ1n) is 10.5. The SMILES string of the molecule is O=C(CSc1nnc(-c2ccccc2)n1-c1ccccc1)NC(=O)NC1CCCCC1. The van der Waals surface area contributed by atoms with Crippen molar-refractivity contribution in [3.63, 3.8) is 0 Å². The van der Waals surface area contributed by atoms with Gasteiger partial charge in [0, 0.05) is 17.3 Å². The highest BCUT2D eigenvalue weighted by atomic mass is 32.2. The van der Waals surface area contributed by atoms with E-state index in [1.54, 1.807) is 0 Å². The smallest absolute Gasteiger partial charge is 0.321 e. The maximum atomic E-state index is 12.3. The summed E-state index contributed by atoms with van der Waals surface area (Å²) in [7, 11) is 0. The monoisotopic (exact) mass is 435 g/mol. The number of urea groups is 1. The molecule has 0 radical (unpaired) electrons. The lowest BCUT2D eigenvalue weighted by Gasteiger charge is -2.22. The lowest BCUT2D eigenvalue weighted by atomic mass is 9.96. The highest BCUT2D eigenvalue weighted by Gasteiger charge is 2.19. The van der Waals surface area contributed by atoms with Crippen LogP contribution in [0.5, 0.6) is 0 Å². The van der Waals surface area contributed by atoms with Crippen LogP contribution in [-0.2, 0) is 4.79 Å². The average Bonchev–Trinajstić information content (AvgIpc) is 3.23. The van der Waals surface area contributed by atoms with Gasteiger partial charge >= 0.3 is 6.03 Å². The molecular weight excluding hydrogens is 410 g/mol. The zero-order valence-corrected chi connectivity index (χ0v) is 18.0. The normalized spacial score (nSPS) is 14.2. The van der Waals surface area contributed by atoms with Gasteiger partial charge < -0.3 is 5.32 Å². The fraction of sp³-hybridized carbons (Fsp3) is 0.304. The Morgan fingerprint density at radius 2 is 1.61 bits per heavy atom. The number of amides is 3. The summed E-state index contributed by atoms with van der Waals surface area (Å²) in [6.45, 7) is 0. The van der Waals surface area contributed by atoms with Gasteiger partial charge in [-0.15, -0.1) is 10.2 Å². The van der Waals surface area contributed by atoms with E-state index in [-0.39, 0.29) is 17.7 Å². The molecule has 7 nitrogen and oxygen atoms in total. The standard InChI is InChI=1S/C23H25N5O2S/c29-20(25-22(30)24-18-12-6-2-7-13-18)16-31-23-27-26-21(17-10-4-1-5-11-17)28(23)19-14-8-3-9-15-19/h1,3-5,8-11,14-15,18H,2,6-7,12-13,16H2,(H2,24,25,29,30). The maximum absolute atomic E-state index is 12.3. The number of nitrogens with zero attached hydrogens (tertiary/aromatic N) is 3. The van der Waals surface area contributed by atoms with E-state index < -0.39 is 6.03 Å². The van der Waals surface area contributed by atoms with Crippen LogP contribution < -0.4 is 10.6 Å². The molecule has 1 aliphatic rings. The summed E-state index contributed by atoms with van der Waals surface area (Å²) in [6, 6.07) is 19.3. The fourth-order valence-electron chi connectivity index (χ4n) is 3.71. The summed E-state index contributed by atoms with van der Waals surface area (Å²) in [4.78, 5) is 24.5. The molecule has 1 heterocycles. The van der Waals surface area contributed by atoms with E-state index in [1.165, 1.54) is 18.2 Å². The van der Waals surface area contributed by atoms with Crippen LogP contribution in [0, 0.1) is 0 Å². The molecule has 3 aromatic rings. The molecule has 31 heavy (non-hydrogen) atoms. The highest BCUT2D eigenvalue weighted by Crippen LogP contribution is 2.27. The first kappa shape index (κ1) is 21.1. The third-order valence-electron chi connectivity index (χ3n) is 5.21. The number of carbonyl (C=O) groups is 2. The Kier molecular flexibility index (Phi) is 6.99. The summed E-state index contributed by atoms with van der Waals surface area (Å²) >= 11 is 1.25. The van der Waals surface area contributed by atoms with E-state index in [1.807, 2.05) is 65.2 Å². The van der Waals surface area contributed by atoms with Gasteiger partial charge in [-0.1, -0.05) is 79.6 Å². The Hall–Kier alpha value is -3.13. The lowest BCUT2D eigenvalue weighted by Crippen LogP contribution is -2.45. The van der Waals surface area contributed by atoms with Crippen LogP contribution in [0.4, 0.5) is 4.79 Å². The Morgan fingerprint density at radius 3 is 2.32 bits per heavy atom. The molecule has 1 aliphatic carbocycles. The molecule has 0 unspecified atom stereocenters. The van der Waals surface area contributed by atoms with E-state index in [2.05, 4.69) is 20.8 Å². The number of nitrogens with one attached hydrogen (secondary N) is 2. The molecule has 1 aromatic heterocycles. The van der Waals surface area contributed by atoms with Crippen molar-refractivity contribution < 1.29 is 9.59 Å². The second kappa shape index (κ2) is 10.3. The number of rotatable bonds is 6. The molecule has 1 fully saturated rings. The van der Waals surface area contributed by atoms with Gasteiger partial charge in [-0.2, -0.15) is 0 Å². The van der Waals surface area contributed by atoms with Gasteiger partial charge in [0.15, 0.2) is 11.0 Å². The van der Waals surface area contributed by atoms with Crippen LogP contribution in [-0.4, -0.2) is 38.5 Å². The second-order valence-corrected chi connectivity index (χ2v) is 8.43. The van der Waals surface area contributed by atoms with Crippen molar-refractivity contribution in [1.82, 2.24) is 25.4 Å². The van der Waals surface area contributed by atoms with E-state index in [9.17, 15) is 9.59 Å². The predicted octanol–water partition coefficient (Wildman–Crippen LogP) is 4.18. The van der Waals surface area contributed by atoms with Crippen molar-refractivity contribution in [2.45, 2.75) is 43.3 Å². The Bertz CT molecular complexity index is 1020. The van der Waals surface area contributed by atoms with Crippen molar-refractivity contribution in [3.05, 3.63) is 60.7 Å². The molecule has 8 heteroatoms. The van der Waals surface area contributed by atoms with Crippen LogP contribution in [0.1, 0.15) is 32.1 Å². The van der Waals surface area contributed by atoms with Crippen molar-refractivity contribution in [2.75, 3.05) is 5.75 Å². The Morgan fingerprint density at radius 1 is 0.935 bits per heavy atom. The van der Waals surface area contributed by atoms with E-state index in [4.69, 9.17) is 0 Å². The third kappa shape index (κ3) is 5.52. The largest absolute Gasteiger partial charge is 0.335 e. The molecule has 4 rings (SSSR count). The number of aromatic nitrogens is 3. The van der Waals surface area contributed by atoms with E-state index >= 15 is 0 Å². The molecule has 2 N–H and O–H groups in total. The molecular formula is C23H25N5O2S. The van der Waals surface area contributed by atoms with Crippen LogP contribution >= 0.6 is 11.8 Å².